The fourth-order valence-corrected chi connectivity index (χ4v) is 1.67. The SMILES string of the molecule is CCNC(=O)c1cnn(CC(=CF)CNC(=O)OC(C)(C)C)c1. The second-order valence-corrected chi connectivity index (χ2v) is 5.91. The fraction of sp³-hybridized carbons (Fsp3) is 0.533. The lowest BCUT2D eigenvalue weighted by atomic mass is 10.2. The molecule has 128 valence electrons. The smallest absolute Gasteiger partial charge is 0.407 e. The van der Waals surface area contributed by atoms with Gasteiger partial charge < -0.3 is 15.4 Å². The van der Waals surface area contributed by atoms with Crippen molar-refractivity contribution in [2.75, 3.05) is 13.1 Å². The van der Waals surface area contributed by atoms with Crippen LogP contribution in [-0.2, 0) is 11.3 Å². The average molecular weight is 326 g/mol. The number of carbonyl (C=O) groups excluding carboxylic acids is 2. The molecule has 1 heterocycles. The van der Waals surface area contributed by atoms with E-state index in [1.54, 1.807) is 20.8 Å². The highest BCUT2D eigenvalue weighted by atomic mass is 19.1. The van der Waals surface area contributed by atoms with Gasteiger partial charge in [0.2, 0.25) is 0 Å². The topological polar surface area (TPSA) is 85.3 Å². The molecule has 0 unspecified atom stereocenters. The summed E-state index contributed by atoms with van der Waals surface area (Å²) in [5, 5.41) is 9.12. The number of nitrogens with one attached hydrogen (secondary N) is 2. The minimum Gasteiger partial charge on any atom is -0.444 e. The van der Waals surface area contributed by atoms with E-state index in [4.69, 9.17) is 4.74 Å². The number of amides is 2. The molecule has 1 rings (SSSR count). The highest BCUT2D eigenvalue weighted by Gasteiger charge is 2.16. The van der Waals surface area contributed by atoms with Crippen LogP contribution < -0.4 is 10.6 Å². The molecule has 0 atom stereocenters. The first kappa shape index (κ1) is 18.7. The van der Waals surface area contributed by atoms with Gasteiger partial charge in [0.15, 0.2) is 0 Å². The first-order chi connectivity index (χ1) is 10.7. The van der Waals surface area contributed by atoms with Crippen molar-refractivity contribution >= 4 is 12.0 Å². The molecule has 0 aromatic carbocycles. The maximum absolute atomic E-state index is 12.9. The van der Waals surface area contributed by atoms with Gasteiger partial charge >= 0.3 is 6.09 Å². The monoisotopic (exact) mass is 326 g/mol. The predicted molar refractivity (Wildman–Crippen MR) is 83.7 cm³/mol. The summed E-state index contributed by atoms with van der Waals surface area (Å²) in [4.78, 5) is 23.2. The van der Waals surface area contributed by atoms with Crippen LogP contribution >= 0.6 is 0 Å². The lowest BCUT2D eigenvalue weighted by Crippen LogP contribution is -2.34. The van der Waals surface area contributed by atoms with Crippen LogP contribution in [0.5, 0.6) is 0 Å². The molecule has 7 nitrogen and oxygen atoms in total. The van der Waals surface area contributed by atoms with Crippen molar-refractivity contribution in [2.45, 2.75) is 39.8 Å². The molecule has 2 N–H and O–H groups in total. The molecule has 0 bridgehead atoms. The van der Waals surface area contributed by atoms with E-state index in [0.717, 1.165) is 0 Å². The van der Waals surface area contributed by atoms with E-state index in [0.29, 0.717) is 24.0 Å². The van der Waals surface area contributed by atoms with Crippen molar-refractivity contribution in [3.63, 3.8) is 0 Å². The average Bonchev–Trinajstić information content (AvgIpc) is 2.90. The van der Waals surface area contributed by atoms with E-state index in [1.807, 2.05) is 6.92 Å². The zero-order chi connectivity index (χ0) is 17.5. The predicted octanol–water partition coefficient (Wildman–Crippen LogP) is 2.01. The summed E-state index contributed by atoms with van der Waals surface area (Å²) in [5.41, 5.74) is 0.0688. The largest absolute Gasteiger partial charge is 0.444 e. The highest BCUT2D eigenvalue weighted by Crippen LogP contribution is 2.07. The molecule has 0 aliphatic carbocycles. The first-order valence-electron chi connectivity index (χ1n) is 7.30. The van der Waals surface area contributed by atoms with Crippen LogP contribution in [0, 0.1) is 0 Å². The summed E-state index contributed by atoms with van der Waals surface area (Å²) < 4.78 is 19.4. The van der Waals surface area contributed by atoms with Gasteiger partial charge in [-0.05, 0) is 33.3 Å². The van der Waals surface area contributed by atoms with Crippen molar-refractivity contribution in [2.24, 2.45) is 0 Å². The maximum atomic E-state index is 12.9. The summed E-state index contributed by atoms with van der Waals surface area (Å²) in [6, 6.07) is 0. The van der Waals surface area contributed by atoms with Crippen molar-refractivity contribution in [1.82, 2.24) is 20.4 Å². The number of rotatable bonds is 6. The molecule has 8 heteroatoms. The number of alkyl carbamates (subject to hydrolysis) is 1. The highest BCUT2D eigenvalue weighted by molar-refractivity contribution is 5.93. The van der Waals surface area contributed by atoms with Crippen LogP contribution in [0.15, 0.2) is 24.3 Å². The Kier molecular flexibility index (Phi) is 6.74. The first-order valence-corrected chi connectivity index (χ1v) is 7.30. The van der Waals surface area contributed by atoms with Crippen LogP contribution in [0.2, 0.25) is 0 Å². The van der Waals surface area contributed by atoms with Crippen LogP contribution in [0.25, 0.3) is 0 Å². The second kappa shape index (κ2) is 8.30. The van der Waals surface area contributed by atoms with E-state index < -0.39 is 11.7 Å². The van der Waals surface area contributed by atoms with E-state index in [2.05, 4.69) is 15.7 Å². The standard InChI is InChI=1S/C15H23FN4O3/c1-5-17-13(21)12-8-19-20(10-12)9-11(6-16)7-18-14(22)23-15(2,3)4/h6,8,10H,5,7,9H2,1-4H3,(H,17,21)(H,18,22). The van der Waals surface area contributed by atoms with Gasteiger partial charge in [-0.3, -0.25) is 9.48 Å². The molecule has 0 spiro atoms. The Labute approximate surface area is 134 Å². The van der Waals surface area contributed by atoms with Gasteiger partial charge in [-0.1, -0.05) is 0 Å². The molecular formula is C15H23FN4O3. The number of halogens is 1. The third kappa shape index (κ3) is 6.94. The van der Waals surface area contributed by atoms with Crippen molar-refractivity contribution < 1.29 is 18.7 Å². The van der Waals surface area contributed by atoms with Crippen molar-refractivity contribution in [3.8, 4) is 0 Å². The van der Waals surface area contributed by atoms with Gasteiger partial charge in [-0.2, -0.15) is 5.10 Å². The molecule has 0 saturated heterocycles. The third-order valence-electron chi connectivity index (χ3n) is 2.61. The number of ether oxygens (including phenoxy) is 1. The quantitative estimate of drug-likeness (QED) is 0.837. The number of aromatic nitrogens is 2. The Bertz CT molecular complexity index is 576. The van der Waals surface area contributed by atoms with E-state index in [-0.39, 0.29) is 19.0 Å². The molecule has 23 heavy (non-hydrogen) atoms. The van der Waals surface area contributed by atoms with Gasteiger partial charge in [0.1, 0.15) is 5.60 Å². The molecule has 0 saturated carbocycles. The molecule has 1 aromatic heterocycles. The molecular weight excluding hydrogens is 303 g/mol. The summed E-state index contributed by atoms with van der Waals surface area (Å²) in [6.07, 6.45) is 2.70. The number of hydrogen-bond donors (Lipinski definition) is 2. The van der Waals surface area contributed by atoms with Gasteiger partial charge in [0.05, 0.1) is 24.6 Å². The van der Waals surface area contributed by atoms with E-state index in [9.17, 15) is 14.0 Å². The summed E-state index contributed by atoms with van der Waals surface area (Å²) in [5.74, 6) is -0.239. The molecule has 0 aliphatic rings. The molecule has 0 radical (unpaired) electrons. The normalized spacial score (nSPS) is 12.0. The van der Waals surface area contributed by atoms with Crippen LogP contribution in [0.3, 0.4) is 0 Å². The maximum Gasteiger partial charge on any atom is 0.407 e. The summed E-state index contributed by atoms with van der Waals surface area (Å²) >= 11 is 0. The lowest BCUT2D eigenvalue weighted by molar-refractivity contribution is 0.0532. The minimum absolute atomic E-state index is 0.0121. The van der Waals surface area contributed by atoms with Gasteiger partial charge in [0.25, 0.3) is 5.91 Å². The van der Waals surface area contributed by atoms with E-state index in [1.165, 1.54) is 17.1 Å². The van der Waals surface area contributed by atoms with Crippen molar-refractivity contribution in [3.05, 3.63) is 29.9 Å². The van der Waals surface area contributed by atoms with Crippen LogP contribution in [0.4, 0.5) is 9.18 Å². The van der Waals surface area contributed by atoms with Crippen molar-refractivity contribution in [1.29, 1.82) is 0 Å². The Morgan fingerprint density at radius 1 is 1.39 bits per heavy atom. The second-order valence-electron chi connectivity index (χ2n) is 5.91. The number of carbonyl (C=O) groups is 2. The molecule has 2 amide bonds. The Morgan fingerprint density at radius 3 is 2.65 bits per heavy atom. The van der Waals surface area contributed by atoms with Crippen LogP contribution in [-0.4, -0.2) is 40.5 Å². The van der Waals surface area contributed by atoms with Crippen LogP contribution in [0.1, 0.15) is 38.1 Å². The Hall–Kier alpha value is -2.38. The molecule has 0 aliphatic heterocycles. The summed E-state index contributed by atoms with van der Waals surface area (Å²) in [6.45, 7) is 7.66. The Balaban J connectivity index is 2.54. The third-order valence-corrected chi connectivity index (χ3v) is 2.61. The molecule has 1 aromatic rings. The summed E-state index contributed by atoms with van der Waals surface area (Å²) in [7, 11) is 0. The Morgan fingerprint density at radius 2 is 2.09 bits per heavy atom. The number of hydrogen-bond acceptors (Lipinski definition) is 4. The fourth-order valence-electron chi connectivity index (χ4n) is 1.67. The molecule has 0 fully saturated rings. The van der Waals surface area contributed by atoms with Gasteiger partial charge in [-0.25, -0.2) is 9.18 Å². The minimum atomic E-state index is -0.625. The van der Waals surface area contributed by atoms with Gasteiger partial charge in [-0.15, -0.1) is 0 Å². The zero-order valence-electron chi connectivity index (χ0n) is 13.9. The number of nitrogens with zero attached hydrogens (tertiary/aromatic N) is 2. The zero-order valence-corrected chi connectivity index (χ0v) is 13.9. The van der Waals surface area contributed by atoms with E-state index >= 15 is 0 Å². The van der Waals surface area contributed by atoms with Gasteiger partial charge in [0, 0.05) is 19.3 Å². The lowest BCUT2D eigenvalue weighted by Gasteiger charge is -2.20.